The van der Waals surface area contributed by atoms with Crippen molar-refractivity contribution in [2.45, 2.75) is 175 Å². The fraction of sp³-hybridized carbons (Fsp3) is 0.446. The third kappa shape index (κ3) is 23.6. The largest absolute Gasteiger partial charge is 0.444 e. The molecule has 0 saturated heterocycles. The van der Waals surface area contributed by atoms with E-state index in [1.165, 1.54) is 6.92 Å². The van der Waals surface area contributed by atoms with Crippen LogP contribution in [0.1, 0.15) is 150 Å². The van der Waals surface area contributed by atoms with Crippen LogP contribution in [0.4, 0.5) is 10.5 Å². The molecule has 0 unspecified atom stereocenters. The fourth-order valence-electron chi connectivity index (χ4n) is 10.5. The van der Waals surface area contributed by atoms with Crippen molar-refractivity contribution in [1.82, 2.24) is 36.8 Å². The standard InChI is InChI=1S/C74H98N8O9Si/c1-15-82(16-2)48-30-28-38-61(78-69(87)62(49-52(3)4)79-65(83)53(5)76-68(86)63(50-55-32-21-17-22-33-55)80-66(84)56-41-43-57(44-42-56)72(6,7)8)67(85)81-64(51-90-92(74(12,13)14,59-34-24-18-25-35-59)60-36-26-19-27-37-60)70(88)77-58-45-39-54(40-46-58)31-23-20-29-47-75-71(89)91-73(9,10)11/h17-19,21-22,24-27,32-37,39-46,52-53,61-64H,15-16,28,30,38,47-51H2,1-14H3,(H,75,89)(H,76,86)(H,77,88)(H,78,87)(H,79,83)(H,80,84)(H,81,85)/t53-,61-,62-,63-,64-/m0/s1. The van der Waals surface area contributed by atoms with Crippen LogP contribution in [0.2, 0.25) is 5.04 Å². The number of alkyl carbamates (subject to hydrolysis) is 1. The van der Waals surface area contributed by atoms with Gasteiger partial charge in [0.15, 0.2) is 0 Å². The molecule has 0 bridgehead atoms. The number of hydrogen-bond donors (Lipinski definition) is 7. The monoisotopic (exact) mass is 1270 g/mol. The fourth-order valence-corrected chi connectivity index (χ4v) is 15.1. The molecule has 0 radical (unpaired) electrons. The maximum atomic E-state index is 15.2. The van der Waals surface area contributed by atoms with Crippen LogP contribution >= 0.6 is 0 Å². The van der Waals surface area contributed by atoms with Gasteiger partial charge in [-0.15, -0.1) is 0 Å². The minimum atomic E-state index is -3.31. The molecule has 0 heterocycles. The molecule has 5 rings (SSSR count). The predicted molar refractivity (Wildman–Crippen MR) is 369 cm³/mol. The van der Waals surface area contributed by atoms with Gasteiger partial charge in [-0.05, 0) is 159 Å². The molecule has 0 spiro atoms. The minimum absolute atomic E-state index is 0.0468. The zero-order valence-electron chi connectivity index (χ0n) is 56.4. The van der Waals surface area contributed by atoms with Gasteiger partial charge in [0.25, 0.3) is 14.2 Å². The predicted octanol–water partition coefficient (Wildman–Crippen LogP) is 8.94. The number of carbonyl (C=O) groups excluding carboxylic acids is 7. The normalized spacial score (nSPS) is 13.3. The Morgan fingerprint density at radius 1 is 0.565 bits per heavy atom. The molecule has 92 heavy (non-hydrogen) atoms. The number of ether oxygens (including phenoxy) is 1. The quantitative estimate of drug-likeness (QED) is 0.0137. The smallest absolute Gasteiger partial charge is 0.408 e. The lowest BCUT2D eigenvalue weighted by Crippen LogP contribution is -2.68. The van der Waals surface area contributed by atoms with Gasteiger partial charge in [-0.25, -0.2) is 4.79 Å². The van der Waals surface area contributed by atoms with Crippen molar-refractivity contribution in [3.63, 3.8) is 0 Å². The Balaban J connectivity index is 1.43. The topological polar surface area (TPSA) is 225 Å². The molecule has 0 aliphatic carbocycles. The number of rotatable bonds is 29. The zero-order chi connectivity index (χ0) is 67.7. The number of benzene rings is 5. The van der Waals surface area contributed by atoms with E-state index in [0.717, 1.165) is 41.1 Å². The molecule has 18 heteroatoms. The average Bonchev–Trinajstić information content (AvgIpc) is 0.758. The Morgan fingerprint density at radius 2 is 1.11 bits per heavy atom. The molecule has 5 aromatic rings. The number of hydrogen-bond acceptors (Lipinski definition) is 10. The van der Waals surface area contributed by atoms with Crippen LogP contribution in [0, 0.1) is 29.6 Å². The number of carbonyl (C=O) groups is 7. The van der Waals surface area contributed by atoms with Crippen molar-refractivity contribution in [3.05, 3.63) is 162 Å². The van der Waals surface area contributed by atoms with Gasteiger partial charge in [-0.3, -0.25) is 28.8 Å². The summed E-state index contributed by atoms with van der Waals surface area (Å²) >= 11 is 0. The van der Waals surface area contributed by atoms with Gasteiger partial charge in [0.2, 0.25) is 29.5 Å². The van der Waals surface area contributed by atoms with E-state index < -0.39 is 90.7 Å². The summed E-state index contributed by atoms with van der Waals surface area (Å²) in [6.45, 7) is 29.6. The maximum Gasteiger partial charge on any atom is 0.408 e. The first-order valence-electron chi connectivity index (χ1n) is 32.0. The van der Waals surface area contributed by atoms with Crippen molar-refractivity contribution < 1.29 is 42.7 Å². The number of anilines is 1. The first-order chi connectivity index (χ1) is 43.5. The summed E-state index contributed by atoms with van der Waals surface area (Å²) in [6.07, 6.45) is 1.16. The van der Waals surface area contributed by atoms with E-state index in [1.807, 2.05) is 117 Å². The van der Waals surface area contributed by atoms with Crippen LogP contribution in [-0.4, -0.2) is 123 Å². The van der Waals surface area contributed by atoms with E-state index in [-0.39, 0.29) is 43.7 Å². The van der Waals surface area contributed by atoms with Gasteiger partial charge < -0.3 is 51.3 Å². The van der Waals surface area contributed by atoms with Gasteiger partial charge in [-0.1, -0.05) is 184 Å². The Morgan fingerprint density at radius 3 is 1.65 bits per heavy atom. The Bertz CT molecular complexity index is 3300. The second-order valence-corrected chi connectivity index (χ2v) is 30.9. The van der Waals surface area contributed by atoms with Crippen LogP contribution in [0.5, 0.6) is 0 Å². The first kappa shape index (κ1) is 74.2. The van der Waals surface area contributed by atoms with Crippen molar-refractivity contribution in [2.24, 2.45) is 5.92 Å². The SMILES string of the molecule is CCN(CC)CCCC[C@H](NC(=O)[C@H](CC(C)C)NC(=O)[C@H](C)NC(=O)[C@H](Cc1ccccc1)NC(=O)c1ccc(C(C)(C)C)cc1)C(=O)N[C@@H](CO[Si](c1ccccc1)(c1ccccc1)C(C)(C)C)C(=O)Nc1ccc(C#CC#CCNC(=O)OC(C)(C)C)cc1. The summed E-state index contributed by atoms with van der Waals surface area (Å²) in [5.74, 6) is 7.59. The first-order valence-corrected chi connectivity index (χ1v) is 33.9. The van der Waals surface area contributed by atoms with E-state index in [0.29, 0.717) is 29.7 Å². The highest BCUT2D eigenvalue weighted by atomic mass is 28.4. The van der Waals surface area contributed by atoms with Gasteiger partial charge in [-0.2, -0.15) is 0 Å². The lowest BCUT2D eigenvalue weighted by Gasteiger charge is -2.43. The van der Waals surface area contributed by atoms with Gasteiger partial charge in [0, 0.05) is 23.2 Å². The summed E-state index contributed by atoms with van der Waals surface area (Å²) in [5.41, 5.74) is 2.45. The summed E-state index contributed by atoms with van der Waals surface area (Å²) in [5, 5.41) is 21.5. The number of unbranched alkanes of at least 4 members (excludes halogenated alkanes) is 1. The molecule has 7 N–H and O–H groups in total. The van der Waals surface area contributed by atoms with E-state index >= 15 is 4.79 Å². The molecular weight excluding hydrogens is 1170 g/mol. The van der Waals surface area contributed by atoms with Crippen LogP contribution in [0.3, 0.4) is 0 Å². The molecule has 0 fully saturated rings. The highest BCUT2D eigenvalue weighted by Crippen LogP contribution is 2.37. The summed E-state index contributed by atoms with van der Waals surface area (Å²) in [4.78, 5) is 101. The third-order valence-electron chi connectivity index (χ3n) is 15.5. The highest BCUT2D eigenvalue weighted by Gasteiger charge is 2.51. The van der Waals surface area contributed by atoms with Gasteiger partial charge >= 0.3 is 6.09 Å². The highest BCUT2D eigenvalue weighted by molar-refractivity contribution is 6.99. The van der Waals surface area contributed by atoms with E-state index in [2.05, 4.69) is 121 Å². The van der Waals surface area contributed by atoms with Gasteiger partial charge in [0.05, 0.1) is 13.2 Å². The molecule has 0 saturated carbocycles. The van der Waals surface area contributed by atoms with Crippen molar-refractivity contribution in [2.75, 3.05) is 38.1 Å². The Hall–Kier alpha value is -8.55. The molecule has 17 nitrogen and oxygen atoms in total. The molecule has 5 atom stereocenters. The molecule has 0 aromatic heterocycles. The van der Waals surface area contributed by atoms with Crippen molar-refractivity contribution >= 4 is 65.9 Å². The minimum Gasteiger partial charge on any atom is -0.444 e. The van der Waals surface area contributed by atoms with E-state index in [1.54, 1.807) is 57.2 Å². The van der Waals surface area contributed by atoms with Crippen LogP contribution < -0.4 is 47.6 Å². The lowest BCUT2D eigenvalue weighted by atomic mass is 9.86. The van der Waals surface area contributed by atoms with Gasteiger partial charge in [0.1, 0.15) is 35.8 Å². The molecule has 492 valence electrons. The van der Waals surface area contributed by atoms with Crippen molar-refractivity contribution in [1.29, 1.82) is 0 Å². The number of amides is 7. The van der Waals surface area contributed by atoms with Crippen molar-refractivity contribution in [3.8, 4) is 23.7 Å². The number of nitrogens with zero attached hydrogens (tertiary/aromatic N) is 1. The Kier molecular flexibility index (Phi) is 28.5. The molecular formula is C74H98N8O9Si. The average molecular weight is 1270 g/mol. The summed E-state index contributed by atoms with van der Waals surface area (Å²) in [6, 6.07) is 37.3. The summed E-state index contributed by atoms with van der Waals surface area (Å²) < 4.78 is 12.6. The Labute approximate surface area is 547 Å². The molecule has 0 aliphatic rings. The van der Waals surface area contributed by atoms with Crippen LogP contribution in [-0.2, 0) is 45.0 Å². The third-order valence-corrected chi connectivity index (χ3v) is 20.5. The zero-order valence-corrected chi connectivity index (χ0v) is 57.4. The molecule has 5 aromatic carbocycles. The molecule has 0 aliphatic heterocycles. The maximum absolute atomic E-state index is 15.2. The second kappa shape index (κ2) is 35.3. The molecule has 7 amide bonds. The number of nitrogens with one attached hydrogen (secondary N) is 7. The second-order valence-electron chi connectivity index (χ2n) is 26.6. The van der Waals surface area contributed by atoms with E-state index in [4.69, 9.17) is 9.16 Å². The lowest BCUT2D eigenvalue weighted by molar-refractivity contribution is -0.134. The van der Waals surface area contributed by atoms with Crippen LogP contribution in [0.15, 0.2) is 140 Å². The summed E-state index contributed by atoms with van der Waals surface area (Å²) in [7, 11) is -3.31. The van der Waals surface area contributed by atoms with Crippen LogP contribution in [0.25, 0.3) is 0 Å². The van der Waals surface area contributed by atoms with E-state index in [9.17, 15) is 28.8 Å².